The van der Waals surface area contributed by atoms with Crippen LogP contribution in [0.5, 0.6) is 17.2 Å². The maximum Gasteiger partial charge on any atom is 0.192 e. The van der Waals surface area contributed by atoms with Crippen molar-refractivity contribution in [2.24, 2.45) is 0 Å². The van der Waals surface area contributed by atoms with Gasteiger partial charge in [-0.25, -0.2) is 0 Å². The molecule has 0 aliphatic rings. The summed E-state index contributed by atoms with van der Waals surface area (Å²) in [5.74, 6) is 2.67. The molecular weight excluding hydrogens is 857 g/mol. The number of aliphatic hydroxyl groups excluding tert-OH is 1. The van der Waals surface area contributed by atoms with E-state index >= 15 is 0 Å². The van der Waals surface area contributed by atoms with E-state index in [1.165, 1.54) is 22.3 Å². The molecule has 0 saturated carbocycles. The van der Waals surface area contributed by atoms with Crippen LogP contribution in [0.1, 0.15) is 111 Å². The van der Waals surface area contributed by atoms with Gasteiger partial charge in [0.1, 0.15) is 30.5 Å². The fraction of sp³-hybridized carbons (Fsp3) is 0.400. The second-order valence-corrected chi connectivity index (χ2v) is 24.9. The van der Waals surface area contributed by atoms with E-state index < -0.39 is 8.32 Å². The van der Waals surface area contributed by atoms with Crippen LogP contribution in [0.2, 0.25) is 18.1 Å². The Balaban J connectivity index is 1.11. The molecule has 7 nitrogen and oxygen atoms in total. The molecule has 0 aliphatic heterocycles. The van der Waals surface area contributed by atoms with Crippen LogP contribution in [0.15, 0.2) is 152 Å². The van der Waals surface area contributed by atoms with E-state index in [0.29, 0.717) is 44.2 Å². The van der Waals surface area contributed by atoms with Gasteiger partial charge in [0.05, 0.1) is 19.3 Å². The van der Waals surface area contributed by atoms with Gasteiger partial charge >= 0.3 is 0 Å². The molecule has 0 saturated heterocycles. The Labute approximate surface area is 410 Å². The lowest BCUT2D eigenvalue weighted by Crippen LogP contribution is -2.43. The summed E-state index contributed by atoms with van der Waals surface area (Å²) in [4.78, 5) is 2.59. The van der Waals surface area contributed by atoms with Crippen molar-refractivity contribution < 1.29 is 23.7 Å². The van der Waals surface area contributed by atoms with Crippen molar-refractivity contribution in [2.45, 2.75) is 130 Å². The standard InChI is InChI=1S/C60H78N2O5Si/c1-45(2)62(46(3)4)36-33-55(51-25-17-12-18-26-51)56-39-48(28-30-58(56)66-44-50-22-15-11-16-23-50)34-37-64-54-27-19-24-47(38-54)32-35-61-41-59(67-68(8,9)60(5,6)7)52-29-31-57(53(40-52)42-63)65-43-49-20-13-10-14-21-49/h10-31,38-40,45-46,55,59,61,63H,32-37,41-44H2,1-9H3/t55-,59+/m1/s1. The van der Waals surface area contributed by atoms with E-state index in [4.69, 9.17) is 18.6 Å². The van der Waals surface area contributed by atoms with E-state index in [9.17, 15) is 5.11 Å². The van der Waals surface area contributed by atoms with Gasteiger partial charge in [-0.3, -0.25) is 4.90 Å². The molecule has 0 radical (unpaired) electrons. The molecule has 0 spiro atoms. The van der Waals surface area contributed by atoms with Crippen LogP contribution in [0, 0.1) is 0 Å². The Hall–Kier alpha value is -5.22. The summed E-state index contributed by atoms with van der Waals surface area (Å²) in [6, 6.07) is 53.7. The molecular formula is C60H78N2O5Si. The maximum atomic E-state index is 10.4. The van der Waals surface area contributed by atoms with Gasteiger partial charge in [-0.1, -0.05) is 142 Å². The lowest BCUT2D eigenvalue weighted by atomic mass is 9.86. The first-order valence-corrected chi connectivity index (χ1v) is 27.7. The van der Waals surface area contributed by atoms with Gasteiger partial charge in [0, 0.05) is 42.1 Å². The number of nitrogens with one attached hydrogen (secondary N) is 1. The summed E-state index contributed by atoms with van der Waals surface area (Å²) in [6.45, 7) is 24.4. The second-order valence-electron chi connectivity index (χ2n) is 20.2. The average Bonchev–Trinajstić information content (AvgIpc) is 3.33. The molecule has 2 atom stereocenters. The van der Waals surface area contributed by atoms with Crippen molar-refractivity contribution in [2.75, 3.05) is 26.2 Å². The summed E-state index contributed by atoms with van der Waals surface area (Å²) in [5, 5.41) is 14.2. The van der Waals surface area contributed by atoms with E-state index in [-0.39, 0.29) is 23.7 Å². The number of hydrogen-bond donors (Lipinski definition) is 2. The summed E-state index contributed by atoms with van der Waals surface area (Å²) >= 11 is 0. The Kier molecular flexibility index (Phi) is 19.5. The summed E-state index contributed by atoms with van der Waals surface area (Å²) in [7, 11) is -2.14. The van der Waals surface area contributed by atoms with Gasteiger partial charge in [0.15, 0.2) is 8.32 Å². The molecule has 0 unspecified atom stereocenters. The Morgan fingerprint density at radius 3 is 1.81 bits per heavy atom. The van der Waals surface area contributed by atoms with Crippen molar-refractivity contribution in [3.8, 4) is 17.2 Å². The van der Waals surface area contributed by atoms with E-state index in [0.717, 1.165) is 66.1 Å². The smallest absolute Gasteiger partial charge is 0.192 e. The number of aliphatic hydroxyl groups is 1. The van der Waals surface area contributed by atoms with E-state index in [1.807, 2.05) is 48.5 Å². The molecule has 0 amide bonds. The van der Waals surface area contributed by atoms with Crippen molar-refractivity contribution in [3.63, 3.8) is 0 Å². The average molecular weight is 935 g/mol. The van der Waals surface area contributed by atoms with Crippen LogP contribution in [0.25, 0.3) is 0 Å². The molecule has 6 rings (SSSR count). The minimum atomic E-state index is -2.14. The van der Waals surface area contributed by atoms with Crippen LogP contribution >= 0.6 is 0 Å². The van der Waals surface area contributed by atoms with E-state index in [1.54, 1.807) is 0 Å². The van der Waals surface area contributed by atoms with Crippen LogP contribution in [0.4, 0.5) is 0 Å². The zero-order valence-electron chi connectivity index (χ0n) is 42.3. The van der Waals surface area contributed by atoms with Crippen molar-refractivity contribution in [3.05, 3.63) is 196 Å². The van der Waals surface area contributed by atoms with Gasteiger partial charge in [-0.15, -0.1) is 0 Å². The number of rotatable bonds is 26. The second kappa shape index (κ2) is 25.4. The molecule has 0 aromatic heterocycles. The predicted octanol–water partition coefficient (Wildman–Crippen LogP) is 13.5. The normalized spacial score (nSPS) is 13.0. The minimum absolute atomic E-state index is 0.0421. The summed E-state index contributed by atoms with van der Waals surface area (Å²) < 4.78 is 26.3. The Morgan fingerprint density at radius 2 is 1.19 bits per heavy atom. The van der Waals surface area contributed by atoms with Crippen LogP contribution in [-0.4, -0.2) is 56.6 Å². The molecule has 68 heavy (non-hydrogen) atoms. The molecule has 0 fully saturated rings. The highest BCUT2D eigenvalue weighted by atomic mass is 28.4. The zero-order chi connectivity index (χ0) is 48.5. The molecule has 6 aromatic rings. The zero-order valence-corrected chi connectivity index (χ0v) is 43.3. The quantitative estimate of drug-likeness (QED) is 0.0415. The van der Waals surface area contributed by atoms with Crippen molar-refractivity contribution >= 4 is 8.32 Å². The fourth-order valence-electron chi connectivity index (χ4n) is 8.57. The first-order valence-electron chi connectivity index (χ1n) is 24.8. The maximum absolute atomic E-state index is 10.4. The third-order valence-electron chi connectivity index (χ3n) is 13.5. The number of benzene rings is 6. The topological polar surface area (TPSA) is 72.4 Å². The monoisotopic (exact) mass is 935 g/mol. The third kappa shape index (κ3) is 15.4. The van der Waals surface area contributed by atoms with Crippen molar-refractivity contribution in [1.82, 2.24) is 10.2 Å². The molecule has 8 heteroatoms. The van der Waals surface area contributed by atoms with Gasteiger partial charge in [0.2, 0.25) is 0 Å². The van der Waals surface area contributed by atoms with Gasteiger partial charge in [0.25, 0.3) is 0 Å². The Morgan fingerprint density at radius 1 is 0.603 bits per heavy atom. The highest BCUT2D eigenvalue weighted by molar-refractivity contribution is 6.74. The first-order chi connectivity index (χ1) is 32.7. The molecule has 0 bridgehead atoms. The van der Waals surface area contributed by atoms with Crippen molar-refractivity contribution in [1.29, 1.82) is 0 Å². The number of hydrogen-bond acceptors (Lipinski definition) is 7. The SMILES string of the molecule is CC(C)N(CC[C@H](c1ccccc1)c1cc(CCOc2cccc(CCNC[C@H](O[Si](C)(C)C(C)(C)C)c3ccc(OCc4ccccc4)c(CO)c3)c2)ccc1OCc1ccccc1)C(C)C. The van der Waals surface area contributed by atoms with E-state index in [2.05, 4.69) is 175 Å². The lowest BCUT2D eigenvalue weighted by molar-refractivity contribution is 0.170. The van der Waals surface area contributed by atoms with Gasteiger partial charge in [-0.05, 0) is 135 Å². The Bertz CT molecular complexity index is 2390. The third-order valence-corrected chi connectivity index (χ3v) is 18.0. The highest BCUT2D eigenvalue weighted by Crippen LogP contribution is 2.41. The van der Waals surface area contributed by atoms with Crippen LogP contribution in [0.3, 0.4) is 0 Å². The molecule has 0 aliphatic carbocycles. The highest BCUT2D eigenvalue weighted by Gasteiger charge is 2.39. The lowest BCUT2D eigenvalue weighted by Gasteiger charge is -2.39. The fourth-order valence-corrected chi connectivity index (χ4v) is 9.86. The molecule has 362 valence electrons. The predicted molar refractivity (Wildman–Crippen MR) is 283 cm³/mol. The van der Waals surface area contributed by atoms with Gasteiger partial charge in [-0.2, -0.15) is 0 Å². The van der Waals surface area contributed by atoms with Gasteiger partial charge < -0.3 is 29.1 Å². The van der Waals surface area contributed by atoms with Crippen LogP contribution < -0.4 is 19.5 Å². The summed E-state index contributed by atoms with van der Waals surface area (Å²) in [6.07, 6.45) is 2.42. The molecule has 2 N–H and O–H groups in total. The van der Waals surface area contributed by atoms with Crippen LogP contribution in [-0.2, 0) is 37.1 Å². The largest absolute Gasteiger partial charge is 0.493 e. The minimum Gasteiger partial charge on any atom is -0.493 e. The summed E-state index contributed by atoms with van der Waals surface area (Å²) in [5.41, 5.74) is 9.00. The number of ether oxygens (including phenoxy) is 3. The molecule has 0 heterocycles. The first kappa shape index (κ1) is 52.2. The number of nitrogens with zero attached hydrogens (tertiary/aromatic N) is 1. The molecule has 6 aromatic carbocycles.